The summed E-state index contributed by atoms with van der Waals surface area (Å²) in [4.78, 5) is 12.0. The van der Waals surface area contributed by atoms with Crippen molar-refractivity contribution in [1.29, 1.82) is 0 Å². The molecular formula is C13H8Cl2F2N2O. The van der Waals surface area contributed by atoms with E-state index in [1.807, 2.05) is 0 Å². The van der Waals surface area contributed by atoms with Crippen LogP contribution in [0.1, 0.15) is 10.4 Å². The van der Waals surface area contributed by atoms with Crippen LogP contribution in [0.2, 0.25) is 10.0 Å². The number of hydrogen-bond donors (Lipinski definition) is 2. The Morgan fingerprint density at radius 1 is 1.10 bits per heavy atom. The Balaban J connectivity index is 2.35. The summed E-state index contributed by atoms with van der Waals surface area (Å²) in [5.41, 5.74) is 5.61. The van der Waals surface area contributed by atoms with Gasteiger partial charge in [-0.15, -0.1) is 0 Å². The molecule has 0 aliphatic carbocycles. The molecule has 104 valence electrons. The van der Waals surface area contributed by atoms with Crippen molar-refractivity contribution in [2.45, 2.75) is 0 Å². The predicted molar refractivity (Wildman–Crippen MR) is 75.2 cm³/mol. The molecule has 0 aliphatic heterocycles. The number of rotatable bonds is 2. The van der Waals surface area contributed by atoms with E-state index in [0.29, 0.717) is 11.8 Å². The minimum absolute atomic E-state index is 0.0615. The zero-order valence-corrected chi connectivity index (χ0v) is 11.4. The van der Waals surface area contributed by atoms with E-state index < -0.39 is 17.5 Å². The second-order valence-electron chi connectivity index (χ2n) is 3.94. The molecule has 0 unspecified atom stereocenters. The maximum Gasteiger partial charge on any atom is 0.257 e. The van der Waals surface area contributed by atoms with Gasteiger partial charge in [-0.25, -0.2) is 8.78 Å². The van der Waals surface area contributed by atoms with Gasteiger partial charge in [-0.2, -0.15) is 0 Å². The van der Waals surface area contributed by atoms with Gasteiger partial charge in [0.1, 0.15) is 5.82 Å². The van der Waals surface area contributed by atoms with Gasteiger partial charge in [0.15, 0.2) is 5.82 Å². The average molecular weight is 317 g/mol. The summed E-state index contributed by atoms with van der Waals surface area (Å²) in [5.74, 6) is -2.52. The van der Waals surface area contributed by atoms with E-state index in [9.17, 15) is 13.6 Å². The van der Waals surface area contributed by atoms with Crippen LogP contribution in [0.3, 0.4) is 0 Å². The van der Waals surface area contributed by atoms with Gasteiger partial charge in [-0.1, -0.05) is 23.2 Å². The quantitative estimate of drug-likeness (QED) is 0.819. The molecule has 3 N–H and O–H groups in total. The number of nitrogen functional groups attached to an aromatic ring is 1. The number of anilines is 2. The minimum Gasteiger partial charge on any atom is -0.399 e. The molecule has 0 spiro atoms. The zero-order valence-electron chi connectivity index (χ0n) is 9.88. The number of nitrogens with two attached hydrogens (primary N) is 1. The van der Waals surface area contributed by atoms with Gasteiger partial charge < -0.3 is 11.1 Å². The molecule has 0 saturated carbocycles. The number of halogens is 4. The zero-order chi connectivity index (χ0) is 14.9. The van der Waals surface area contributed by atoms with Crippen molar-refractivity contribution in [2.75, 3.05) is 11.1 Å². The molecule has 7 heteroatoms. The maximum atomic E-state index is 13.6. The van der Waals surface area contributed by atoms with Crippen molar-refractivity contribution >= 4 is 40.5 Å². The van der Waals surface area contributed by atoms with Crippen LogP contribution in [0.4, 0.5) is 20.2 Å². The lowest BCUT2D eigenvalue weighted by molar-refractivity contribution is 0.102. The van der Waals surface area contributed by atoms with Gasteiger partial charge in [0, 0.05) is 11.8 Å². The van der Waals surface area contributed by atoms with E-state index in [1.165, 1.54) is 18.2 Å². The summed E-state index contributed by atoms with van der Waals surface area (Å²) in [6, 6.07) is 5.80. The van der Waals surface area contributed by atoms with Crippen LogP contribution in [0, 0.1) is 11.6 Å². The molecule has 0 atom stereocenters. The Hall–Kier alpha value is -1.85. The molecule has 2 aromatic rings. The molecular weight excluding hydrogens is 309 g/mol. The molecule has 2 rings (SSSR count). The van der Waals surface area contributed by atoms with Crippen molar-refractivity contribution < 1.29 is 13.6 Å². The smallest absolute Gasteiger partial charge is 0.257 e. The van der Waals surface area contributed by atoms with Crippen LogP contribution in [-0.2, 0) is 0 Å². The third kappa shape index (κ3) is 3.00. The standard InChI is InChI=1S/C13H8Cl2F2N2O/c14-9-2-1-7(18)5-8(9)13(20)19-12-10(15)3-6(16)4-11(12)17/h1-5H,18H2,(H,19,20). The van der Waals surface area contributed by atoms with Crippen molar-refractivity contribution in [3.8, 4) is 0 Å². The third-order valence-corrected chi connectivity index (χ3v) is 3.11. The summed E-state index contributed by atoms with van der Waals surface area (Å²) >= 11 is 11.5. The Labute approximate surface area is 123 Å². The second kappa shape index (κ2) is 5.64. The van der Waals surface area contributed by atoms with Crippen molar-refractivity contribution in [3.63, 3.8) is 0 Å². The first-order chi connectivity index (χ1) is 9.38. The third-order valence-electron chi connectivity index (χ3n) is 2.48. The van der Waals surface area contributed by atoms with E-state index in [2.05, 4.69) is 5.32 Å². The van der Waals surface area contributed by atoms with Gasteiger partial charge in [0.05, 0.1) is 21.3 Å². The number of carbonyl (C=O) groups is 1. The highest BCUT2D eigenvalue weighted by Crippen LogP contribution is 2.28. The summed E-state index contributed by atoms with van der Waals surface area (Å²) in [7, 11) is 0. The molecule has 20 heavy (non-hydrogen) atoms. The predicted octanol–water partition coefficient (Wildman–Crippen LogP) is 4.11. The monoisotopic (exact) mass is 316 g/mol. The fourth-order valence-electron chi connectivity index (χ4n) is 1.56. The maximum absolute atomic E-state index is 13.6. The lowest BCUT2D eigenvalue weighted by Gasteiger charge is -2.10. The Morgan fingerprint density at radius 3 is 2.45 bits per heavy atom. The highest BCUT2D eigenvalue weighted by molar-refractivity contribution is 6.36. The largest absolute Gasteiger partial charge is 0.399 e. The number of amides is 1. The van der Waals surface area contributed by atoms with Gasteiger partial charge in [0.2, 0.25) is 0 Å². The lowest BCUT2D eigenvalue weighted by atomic mass is 10.2. The first kappa shape index (κ1) is 14.6. The van der Waals surface area contributed by atoms with E-state index >= 15 is 0 Å². The summed E-state index contributed by atoms with van der Waals surface area (Å²) in [5, 5.41) is 2.13. The van der Waals surface area contributed by atoms with Crippen molar-refractivity contribution in [1.82, 2.24) is 0 Å². The van der Waals surface area contributed by atoms with Crippen molar-refractivity contribution in [2.24, 2.45) is 0 Å². The average Bonchev–Trinajstić information content (AvgIpc) is 2.36. The number of hydrogen-bond acceptors (Lipinski definition) is 2. The van der Waals surface area contributed by atoms with E-state index in [0.717, 1.165) is 6.07 Å². The topological polar surface area (TPSA) is 55.1 Å². The van der Waals surface area contributed by atoms with Crippen LogP contribution in [0.25, 0.3) is 0 Å². The molecule has 0 fully saturated rings. The first-order valence-electron chi connectivity index (χ1n) is 5.39. The SMILES string of the molecule is Nc1ccc(Cl)c(C(=O)Nc2c(F)cc(F)cc2Cl)c1. The van der Waals surface area contributed by atoms with Gasteiger partial charge >= 0.3 is 0 Å². The van der Waals surface area contributed by atoms with Crippen LogP contribution in [-0.4, -0.2) is 5.91 Å². The number of nitrogens with one attached hydrogen (secondary N) is 1. The molecule has 0 aromatic heterocycles. The Kier molecular flexibility index (Phi) is 4.11. The minimum atomic E-state index is -0.983. The van der Waals surface area contributed by atoms with E-state index in [1.54, 1.807) is 0 Å². The fourth-order valence-corrected chi connectivity index (χ4v) is 2.00. The highest BCUT2D eigenvalue weighted by Gasteiger charge is 2.16. The fraction of sp³-hybridized carbons (Fsp3) is 0. The molecule has 1 amide bonds. The molecule has 0 bridgehead atoms. The molecule has 3 nitrogen and oxygen atoms in total. The summed E-state index contributed by atoms with van der Waals surface area (Å²) in [6.45, 7) is 0. The van der Waals surface area contributed by atoms with Crippen LogP contribution < -0.4 is 11.1 Å². The van der Waals surface area contributed by atoms with Crippen LogP contribution >= 0.6 is 23.2 Å². The highest BCUT2D eigenvalue weighted by atomic mass is 35.5. The number of benzene rings is 2. The summed E-state index contributed by atoms with van der Waals surface area (Å²) in [6.07, 6.45) is 0. The van der Waals surface area contributed by atoms with Gasteiger partial charge in [-0.3, -0.25) is 4.79 Å². The Morgan fingerprint density at radius 2 is 1.80 bits per heavy atom. The molecule has 0 aliphatic rings. The normalized spacial score (nSPS) is 10.4. The van der Waals surface area contributed by atoms with Crippen LogP contribution in [0.5, 0.6) is 0 Å². The van der Waals surface area contributed by atoms with Crippen molar-refractivity contribution in [3.05, 3.63) is 57.6 Å². The first-order valence-corrected chi connectivity index (χ1v) is 6.15. The summed E-state index contributed by atoms with van der Waals surface area (Å²) < 4.78 is 26.5. The number of carbonyl (C=O) groups excluding carboxylic acids is 1. The van der Waals surface area contributed by atoms with E-state index in [4.69, 9.17) is 28.9 Å². The molecule has 0 radical (unpaired) electrons. The van der Waals surface area contributed by atoms with E-state index in [-0.39, 0.29) is 21.3 Å². The molecule has 0 heterocycles. The lowest BCUT2D eigenvalue weighted by Crippen LogP contribution is -2.14. The van der Waals surface area contributed by atoms with Gasteiger partial charge in [-0.05, 0) is 24.3 Å². The molecule has 2 aromatic carbocycles. The molecule has 0 saturated heterocycles. The van der Waals surface area contributed by atoms with Crippen LogP contribution in [0.15, 0.2) is 30.3 Å². The van der Waals surface area contributed by atoms with Gasteiger partial charge in [0.25, 0.3) is 5.91 Å². The second-order valence-corrected chi connectivity index (χ2v) is 4.75. The Bertz CT molecular complexity index is 669.